The van der Waals surface area contributed by atoms with Crippen molar-refractivity contribution in [2.75, 3.05) is 33.4 Å². The second-order valence-electron chi connectivity index (χ2n) is 10.3. The molecule has 0 spiro atoms. The van der Waals surface area contributed by atoms with Crippen molar-refractivity contribution in [3.05, 3.63) is 52.5 Å². The van der Waals surface area contributed by atoms with Crippen LogP contribution in [-0.2, 0) is 20.6 Å². The summed E-state index contributed by atoms with van der Waals surface area (Å²) >= 11 is 5.60. The van der Waals surface area contributed by atoms with E-state index in [4.69, 9.17) is 30.3 Å². The minimum absolute atomic E-state index is 0.0818. The lowest BCUT2D eigenvalue weighted by molar-refractivity contribution is -0.212. The van der Waals surface area contributed by atoms with Crippen molar-refractivity contribution in [1.29, 1.82) is 0 Å². The molecule has 228 valence electrons. The van der Waals surface area contributed by atoms with E-state index in [9.17, 15) is 23.8 Å². The summed E-state index contributed by atoms with van der Waals surface area (Å²) in [4.78, 5) is 13.7. The van der Waals surface area contributed by atoms with Crippen LogP contribution in [0, 0.1) is 11.6 Å². The van der Waals surface area contributed by atoms with Gasteiger partial charge in [-0.2, -0.15) is 0 Å². The molecule has 3 aromatic rings. The number of carbonyl (C=O) groups is 1. The number of hydrogen-bond donors (Lipinski definition) is 2. The highest BCUT2D eigenvalue weighted by Gasteiger charge is 2.47. The number of aliphatic hydroxyl groups excluding tert-OH is 2. The predicted octanol–water partition coefficient (Wildman–Crippen LogP) is 3.12. The molecule has 0 aliphatic carbocycles. The highest BCUT2D eigenvalue weighted by molar-refractivity contribution is 6.31. The van der Waals surface area contributed by atoms with E-state index in [2.05, 4.69) is 15.5 Å². The summed E-state index contributed by atoms with van der Waals surface area (Å²) in [5.41, 5.74) is 0.836. The molecular formula is C27H32ClF2N5O7. The highest BCUT2D eigenvalue weighted by atomic mass is 35.5. The van der Waals surface area contributed by atoms with E-state index in [0.29, 0.717) is 44.0 Å². The molecule has 0 unspecified atom stereocenters. The van der Waals surface area contributed by atoms with Crippen LogP contribution in [0.1, 0.15) is 43.2 Å². The summed E-state index contributed by atoms with van der Waals surface area (Å²) in [6.07, 6.45) is -0.947. The number of nitrogens with zero attached hydrogens (tertiary/aromatic N) is 5. The van der Waals surface area contributed by atoms with Gasteiger partial charge in [-0.15, -0.1) is 5.10 Å². The van der Waals surface area contributed by atoms with Gasteiger partial charge < -0.3 is 33.8 Å². The standard InChI is InChI=1S/C27H32ClF2N5O7/c1-3-40-27(38)34-6-4-14(5-7-34)20-10-16(32-42-20)11-21-26(39-2)24(25(37)22(13-36)41-21)35-12-19(31-33-35)15-8-17(29)23(28)18(30)9-15/h8-10,12,14,21-22,24-26,36-37H,3-7,11,13H2,1-2H3/t21-,22-,24+,25+,26+/m1/s1. The first-order valence-corrected chi connectivity index (χ1v) is 14.0. The SMILES string of the molecule is CCOC(=O)N1CCC(c2cc(C[C@H]3O[C@H](CO)[C@H](O)[C@H](n4cc(-c5cc(F)c(Cl)c(F)c5)nn4)[C@H]3OC)no2)CC1. The Bertz CT molecular complexity index is 1360. The van der Waals surface area contributed by atoms with Gasteiger partial charge >= 0.3 is 6.09 Å². The number of halogens is 3. The van der Waals surface area contributed by atoms with Crippen molar-refractivity contribution in [3.63, 3.8) is 0 Å². The molecule has 12 nitrogen and oxygen atoms in total. The molecule has 5 atom stereocenters. The lowest BCUT2D eigenvalue weighted by Crippen LogP contribution is -2.57. The Morgan fingerprint density at radius 3 is 2.55 bits per heavy atom. The fourth-order valence-electron chi connectivity index (χ4n) is 5.57. The van der Waals surface area contributed by atoms with Gasteiger partial charge in [-0.1, -0.05) is 22.0 Å². The maximum Gasteiger partial charge on any atom is 0.409 e. The molecule has 2 N–H and O–H groups in total. The molecule has 5 rings (SSSR count). The number of amides is 1. The molecule has 1 aromatic carbocycles. The van der Waals surface area contributed by atoms with Crippen molar-refractivity contribution in [1.82, 2.24) is 25.1 Å². The summed E-state index contributed by atoms with van der Waals surface area (Å²) in [7, 11) is 1.45. The van der Waals surface area contributed by atoms with Crippen LogP contribution >= 0.6 is 11.6 Å². The number of piperidine rings is 1. The van der Waals surface area contributed by atoms with Gasteiger partial charge in [-0.3, -0.25) is 0 Å². The van der Waals surface area contributed by atoms with Crippen LogP contribution in [0.2, 0.25) is 5.02 Å². The summed E-state index contributed by atoms with van der Waals surface area (Å²) in [6.45, 7) is 2.70. The number of hydrogen-bond acceptors (Lipinski definition) is 10. The van der Waals surface area contributed by atoms with Gasteiger partial charge in [0.25, 0.3) is 0 Å². The summed E-state index contributed by atoms with van der Waals surface area (Å²) in [6, 6.07) is 3.05. The number of carbonyl (C=O) groups excluding carboxylic acids is 1. The highest BCUT2D eigenvalue weighted by Crippen LogP contribution is 2.35. The van der Waals surface area contributed by atoms with E-state index >= 15 is 0 Å². The fourth-order valence-corrected chi connectivity index (χ4v) is 5.68. The molecule has 1 amide bonds. The fraction of sp³-hybridized carbons (Fsp3) is 0.556. The third-order valence-corrected chi connectivity index (χ3v) is 8.10. The van der Waals surface area contributed by atoms with Crippen molar-refractivity contribution in [2.45, 2.75) is 62.6 Å². The van der Waals surface area contributed by atoms with Gasteiger partial charge in [0, 0.05) is 44.2 Å². The van der Waals surface area contributed by atoms with Gasteiger partial charge in [0.05, 0.1) is 31.2 Å². The van der Waals surface area contributed by atoms with Gasteiger partial charge in [-0.05, 0) is 31.9 Å². The number of benzene rings is 1. The number of aromatic nitrogens is 4. The van der Waals surface area contributed by atoms with Crippen LogP contribution in [0.25, 0.3) is 11.3 Å². The third-order valence-electron chi connectivity index (χ3n) is 7.74. The Labute approximate surface area is 245 Å². The molecule has 2 aliphatic rings. The first kappa shape index (κ1) is 30.3. The van der Waals surface area contributed by atoms with Gasteiger partial charge in [0.2, 0.25) is 0 Å². The first-order chi connectivity index (χ1) is 20.2. The second kappa shape index (κ2) is 13.0. The van der Waals surface area contributed by atoms with Crippen molar-refractivity contribution < 1.29 is 42.5 Å². The lowest BCUT2D eigenvalue weighted by Gasteiger charge is -2.43. The van der Waals surface area contributed by atoms with E-state index in [-0.39, 0.29) is 29.7 Å². The van der Waals surface area contributed by atoms with E-state index in [1.807, 2.05) is 6.07 Å². The van der Waals surface area contributed by atoms with Crippen LogP contribution in [0.15, 0.2) is 28.9 Å². The molecule has 0 bridgehead atoms. The van der Waals surface area contributed by atoms with Crippen molar-refractivity contribution in [2.24, 2.45) is 0 Å². The number of ether oxygens (including phenoxy) is 3. The molecule has 0 saturated carbocycles. The lowest BCUT2D eigenvalue weighted by atomic mass is 9.90. The Morgan fingerprint density at radius 1 is 1.19 bits per heavy atom. The van der Waals surface area contributed by atoms with Gasteiger partial charge in [-0.25, -0.2) is 18.3 Å². The van der Waals surface area contributed by atoms with Crippen molar-refractivity contribution in [3.8, 4) is 11.3 Å². The van der Waals surface area contributed by atoms with E-state index < -0.39 is 53.7 Å². The molecule has 2 fully saturated rings. The Balaban J connectivity index is 1.32. The Kier molecular flexibility index (Phi) is 9.38. The van der Waals surface area contributed by atoms with Crippen LogP contribution in [0.5, 0.6) is 0 Å². The molecule has 2 aliphatic heterocycles. The van der Waals surface area contributed by atoms with Crippen LogP contribution in [0.4, 0.5) is 13.6 Å². The normalized spacial score (nSPS) is 25.1. The summed E-state index contributed by atoms with van der Waals surface area (Å²) in [5, 5.41) is 32.8. The number of likely N-dealkylation sites (tertiary alicyclic amines) is 1. The van der Waals surface area contributed by atoms with Crippen LogP contribution in [-0.4, -0.2) is 99.2 Å². The van der Waals surface area contributed by atoms with Gasteiger partial charge in [0.15, 0.2) is 0 Å². The Hall–Kier alpha value is -3.17. The van der Waals surface area contributed by atoms with E-state index in [1.54, 1.807) is 11.8 Å². The average molecular weight is 612 g/mol. The largest absolute Gasteiger partial charge is 0.450 e. The quantitative estimate of drug-likeness (QED) is 0.364. The maximum atomic E-state index is 14.1. The molecule has 0 radical (unpaired) electrons. The first-order valence-electron chi connectivity index (χ1n) is 13.6. The second-order valence-corrected chi connectivity index (χ2v) is 10.7. The zero-order valence-electron chi connectivity index (χ0n) is 23.0. The van der Waals surface area contributed by atoms with Crippen LogP contribution in [0.3, 0.4) is 0 Å². The van der Waals surface area contributed by atoms with Crippen LogP contribution < -0.4 is 0 Å². The average Bonchev–Trinajstić information content (AvgIpc) is 3.67. The smallest absolute Gasteiger partial charge is 0.409 e. The number of methoxy groups -OCH3 is 1. The van der Waals surface area contributed by atoms with Crippen molar-refractivity contribution >= 4 is 17.7 Å². The zero-order chi connectivity index (χ0) is 30.0. The minimum Gasteiger partial charge on any atom is -0.450 e. The molecule has 4 heterocycles. The van der Waals surface area contributed by atoms with E-state index in [0.717, 1.165) is 12.1 Å². The third kappa shape index (κ3) is 6.13. The van der Waals surface area contributed by atoms with E-state index in [1.165, 1.54) is 18.0 Å². The Morgan fingerprint density at radius 2 is 1.90 bits per heavy atom. The number of aliphatic hydroxyl groups is 2. The molecule has 2 saturated heterocycles. The molecule has 2 aromatic heterocycles. The predicted molar refractivity (Wildman–Crippen MR) is 143 cm³/mol. The molecular weight excluding hydrogens is 580 g/mol. The summed E-state index contributed by atoms with van der Waals surface area (Å²) in [5.74, 6) is -1.12. The van der Waals surface area contributed by atoms with Gasteiger partial charge in [0.1, 0.15) is 52.5 Å². The monoisotopic (exact) mass is 611 g/mol. The topological polar surface area (TPSA) is 145 Å². The minimum atomic E-state index is -1.25. The number of rotatable bonds is 8. The molecule has 42 heavy (non-hydrogen) atoms. The summed E-state index contributed by atoms with van der Waals surface area (Å²) < 4.78 is 51.9. The zero-order valence-corrected chi connectivity index (χ0v) is 23.8. The molecule has 15 heteroatoms. The maximum absolute atomic E-state index is 14.1.